The summed E-state index contributed by atoms with van der Waals surface area (Å²) in [5.41, 5.74) is 28.0. The highest BCUT2D eigenvalue weighted by Gasteiger charge is 2.45. The van der Waals surface area contributed by atoms with Crippen molar-refractivity contribution in [1.29, 1.82) is 0 Å². The van der Waals surface area contributed by atoms with E-state index in [0.29, 0.717) is 0 Å². The zero-order valence-corrected chi connectivity index (χ0v) is 52.4. The van der Waals surface area contributed by atoms with Crippen LogP contribution >= 0.6 is 0 Å². The molecule has 0 radical (unpaired) electrons. The van der Waals surface area contributed by atoms with Crippen LogP contribution in [0.2, 0.25) is 0 Å². The first kappa shape index (κ1) is 53.9. The Hall–Kier alpha value is -11.1. The van der Waals surface area contributed by atoms with Crippen LogP contribution in [-0.4, -0.2) is 15.8 Å². The molecule has 16 aromatic rings. The van der Waals surface area contributed by atoms with E-state index in [1.54, 1.807) is 0 Å². The first-order chi connectivity index (χ1) is 44.9. The maximum atomic E-state index is 7.77. The zero-order chi connectivity index (χ0) is 61.7. The third-order valence-corrected chi connectivity index (χ3v) is 19.8. The maximum absolute atomic E-state index is 7.77. The van der Waals surface area contributed by atoms with Crippen LogP contribution in [0.15, 0.2) is 290 Å². The van der Waals surface area contributed by atoms with E-state index in [1.165, 1.54) is 82.3 Å². The van der Waals surface area contributed by atoms with Crippen LogP contribution in [0.5, 0.6) is 0 Å². The third kappa shape index (κ3) is 8.26. The van der Waals surface area contributed by atoms with Crippen molar-refractivity contribution in [3.05, 3.63) is 296 Å². The molecule has 0 saturated carbocycles. The molecule has 13 aromatic carbocycles. The molecule has 0 unspecified atom stereocenters. The Bertz CT molecular complexity index is 5570. The van der Waals surface area contributed by atoms with E-state index in [0.717, 1.165) is 89.6 Å². The van der Waals surface area contributed by atoms with Crippen LogP contribution in [0.1, 0.15) is 52.7 Å². The first-order valence-electron chi connectivity index (χ1n) is 32.3. The Morgan fingerprint density at radius 3 is 1.38 bits per heavy atom. The smallest absolute Gasteiger partial charge is 0.252 e. The summed E-state index contributed by atoms with van der Waals surface area (Å²) >= 11 is 0. The lowest BCUT2D eigenvalue weighted by Crippen LogP contribution is -2.61. The van der Waals surface area contributed by atoms with Crippen molar-refractivity contribution in [3.8, 4) is 44.8 Å². The van der Waals surface area contributed by atoms with E-state index in [4.69, 9.17) is 4.42 Å². The molecule has 3 aromatic heterocycles. The summed E-state index contributed by atoms with van der Waals surface area (Å²) in [5, 5.41) is 7.01. The maximum Gasteiger partial charge on any atom is 0.252 e. The summed E-state index contributed by atoms with van der Waals surface area (Å²) in [7, 11) is 0. The van der Waals surface area contributed by atoms with Crippen molar-refractivity contribution in [3.63, 3.8) is 0 Å². The van der Waals surface area contributed by atoms with Gasteiger partial charge in [0.15, 0.2) is 11.2 Å². The van der Waals surface area contributed by atoms with E-state index in [2.05, 4.69) is 346 Å². The minimum atomic E-state index is -0.263. The summed E-state index contributed by atoms with van der Waals surface area (Å²) < 4.78 is 12.6. The van der Waals surface area contributed by atoms with Crippen molar-refractivity contribution in [2.45, 2.75) is 52.4 Å². The normalized spacial score (nSPS) is 13.0. The van der Waals surface area contributed by atoms with Crippen molar-refractivity contribution in [1.82, 2.24) is 9.13 Å². The molecule has 6 heteroatoms. The molecule has 92 heavy (non-hydrogen) atoms. The van der Waals surface area contributed by atoms with Gasteiger partial charge in [-0.1, -0.05) is 242 Å². The molecule has 5 heterocycles. The lowest BCUT2D eigenvalue weighted by atomic mass is 9.33. The van der Waals surface area contributed by atoms with Crippen LogP contribution in [0.25, 0.3) is 110 Å². The molecule has 0 amide bonds. The fourth-order valence-electron chi connectivity index (χ4n) is 15.3. The van der Waals surface area contributed by atoms with Crippen molar-refractivity contribution in [2.24, 2.45) is 0 Å². The van der Waals surface area contributed by atoms with E-state index in [-0.39, 0.29) is 17.5 Å². The van der Waals surface area contributed by atoms with Gasteiger partial charge in [0.1, 0.15) is 0 Å². The molecular formula is C86H65BN4O. The SMILES string of the molecule is CC(C)(C)c1cccc(-c2ccc3c(c2)B2c4ccc(-n5c6ccccc6c6ccccc65)cc4N(c4ccc(-c5ccccc5)cc4)c4cc(C(C)(C)C)cc(c42)N3c2cc(-c3ccccc3)cc3c2oc2c(-n4c5ccccc5c5ccccc54)cccc23)c1. The quantitative estimate of drug-likeness (QED) is 0.149. The molecule has 0 bridgehead atoms. The Labute approximate surface area is 536 Å². The van der Waals surface area contributed by atoms with Crippen molar-refractivity contribution < 1.29 is 4.42 Å². The molecule has 0 aliphatic carbocycles. The second-order valence-corrected chi connectivity index (χ2v) is 27.3. The van der Waals surface area contributed by atoms with Crippen LogP contribution < -0.4 is 26.2 Å². The Morgan fingerprint density at radius 1 is 0.272 bits per heavy atom. The fourth-order valence-corrected chi connectivity index (χ4v) is 15.3. The predicted octanol–water partition coefficient (Wildman–Crippen LogP) is 21.5. The summed E-state index contributed by atoms with van der Waals surface area (Å²) in [4.78, 5) is 5.17. The Kier molecular flexibility index (Phi) is 11.8. The van der Waals surface area contributed by atoms with Crippen LogP contribution in [-0.2, 0) is 10.8 Å². The number of rotatable bonds is 7. The molecule has 5 nitrogen and oxygen atoms in total. The number of fused-ring (bicyclic) bond motifs is 13. The molecule has 2 aliphatic heterocycles. The second-order valence-electron chi connectivity index (χ2n) is 27.3. The zero-order valence-electron chi connectivity index (χ0n) is 52.4. The second kappa shape index (κ2) is 20.2. The number of benzene rings is 13. The van der Waals surface area contributed by atoms with Gasteiger partial charge in [-0.3, -0.25) is 0 Å². The highest BCUT2D eigenvalue weighted by atomic mass is 16.3. The molecule has 18 rings (SSSR count). The van der Waals surface area contributed by atoms with E-state index in [1.807, 2.05) is 0 Å². The molecule has 0 atom stereocenters. The number of hydrogen-bond donors (Lipinski definition) is 0. The van der Waals surface area contributed by atoms with Gasteiger partial charge in [-0.05, 0) is 157 Å². The molecule has 0 spiro atoms. The summed E-state index contributed by atoms with van der Waals surface area (Å²) in [6.45, 7) is 13.8. The van der Waals surface area contributed by atoms with E-state index < -0.39 is 0 Å². The van der Waals surface area contributed by atoms with Gasteiger partial charge < -0.3 is 23.4 Å². The molecular weight excluding hydrogens is 1120 g/mol. The minimum Gasteiger partial charge on any atom is -0.452 e. The van der Waals surface area contributed by atoms with Gasteiger partial charge in [-0.25, -0.2) is 0 Å². The minimum absolute atomic E-state index is 0.0398. The van der Waals surface area contributed by atoms with Crippen LogP contribution in [0.3, 0.4) is 0 Å². The van der Waals surface area contributed by atoms with Gasteiger partial charge in [0.2, 0.25) is 0 Å². The number of anilines is 6. The highest BCUT2D eigenvalue weighted by molar-refractivity contribution is 7.00. The largest absolute Gasteiger partial charge is 0.452 e. The molecule has 0 N–H and O–H groups in total. The summed E-state index contributed by atoms with van der Waals surface area (Å²) in [6.07, 6.45) is 0. The van der Waals surface area contributed by atoms with E-state index in [9.17, 15) is 0 Å². The average Bonchev–Trinajstić information content (AvgIpc) is 0.719. The summed E-state index contributed by atoms with van der Waals surface area (Å²) in [5.74, 6) is 0. The Balaban J connectivity index is 0.958. The first-order valence-corrected chi connectivity index (χ1v) is 32.3. The van der Waals surface area contributed by atoms with Gasteiger partial charge in [0, 0.05) is 66.4 Å². The van der Waals surface area contributed by atoms with Gasteiger partial charge >= 0.3 is 0 Å². The molecule has 0 saturated heterocycles. The van der Waals surface area contributed by atoms with Gasteiger partial charge in [0.05, 0.1) is 33.4 Å². The van der Waals surface area contributed by atoms with Gasteiger partial charge in [0.25, 0.3) is 6.71 Å². The number of nitrogens with zero attached hydrogens (tertiary/aromatic N) is 4. The highest BCUT2D eigenvalue weighted by Crippen LogP contribution is 2.51. The molecule has 0 fully saturated rings. The number of para-hydroxylation sites is 5. The van der Waals surface area contributed by atoms with Crippen LogP contribution in [0.4, 0.5) is 34.1 Å². The topological polar surface area (TPSA) is 29.5 Å². The van der Waals surface area contributed by atoms with E-state index >= 15 is 0 Å². The third-order valence-electron chi connectivity index (χ3n) is 19.8. The van der Waals surface area contributed by atoms with Crippen molar-refractivity contribution in [2.75, 3.05) is 9.80 Å². The van der Waals surface area contributed by atoms with Gasteiger partial charge in [-0.15, -0.1) is 0 Å². The average molecular weight is 1180 g/mol. The number of hydrogen-bond acceptors (Lipinski definition) is 3. The lowest BCUT2D eigenvalue weighted by molar-refractivity contribution is 0.590. The summed E-state index contributed by atoms with van der Waals surface area (Å²) in [6, 6.07) is 106. The van der Waals surface area contributed by atoms with Gasteiger partial charge in [-0.2, -0.15) is 0 Å². The fraction of sp³-hybridized carbons (Fsp3) is 0.0930. The number of furan rings is 1. The Morgan fingerprint density at radius 2 is 0.761 bits per heavy atom. The predicted molar refractivity (Wildman–Crippen MR) is 390 cm³/mol. The monoisotopic (exact) mass is 1180 g/mol. The molecule has 2 aliphatic rings. The molecule has 438 valence electrons. The van der Waals surface area contributed by atoms with Crippen molar-refractivity contribution >= 4 is 123 Å². The van der Waals surface area contributed by atoms with Crippen LogP contribution in [0, 0.1) is 0 Å². The number of aromatic nitrogens is 2. The lowest BCUT2D eigenvalue weighted by Gasteiger charge is -2.45. The standard InChI is InChI=1S/C86H65BN4O/c1-85(2,3)60-28-21-27-57(47-60)58-41-46-76-71(49-58)87-70-45-44-63(89-72-34-17-13-29-64(72)65-30-14-18-35-73(65)89)53-78(70)88(62-42-39-56(40-43-62)54-23-9-7-10-24-54)79-51-61(86(4,5)6)52-80(82(79)87)91(76)81-50-59(55-25-11-8-12-26-55)48-69-68-33-22-38-77(83(68)92-84(69)81)90-74-36-19-15-31-66(74)67-32-16-20-37-75(67)90/h7-53H,1-6H3.